The van der Waals surface area contributed by atoms with Crippen LogP contribution in [-0.4, -0.2) is 6.66 Å². The van der Waals surface area contributed by atoms with E-state index in [9.17, 15) is 0 Å². The van der Waals surface area contributed by atoms with Crippen LogP contribution in [0, 0.1) is 0 Å². The molecule has 0 saturated heterocycles. The molecule has 0 heterocycles. The van der Waals surface area contributed by atoms with Crippen molar-refractivity contribution in [3.05, 3.63) is 90.5 Å². The number of hydrogen-bond donors (Lipinski definition) is 0. The van der Waals surface area contributed by atoms with E-state index in [1.807, 2.05) is 0 Å². The van der Waals surface area contributed by atoms with Gasteiger partial charge >= 0.3 is 192 Å². The average molecular weight is 483 g/mol. The van der Waals surface area contributed by atoms with E-state index in [0.717, 1.165) is 6.42 Å². The van der Waals surface area contributed by atoms with E-state index < -0.39 is 5.31 Å². The molecule has 0 radical (unpaired) electrons. The summed E-state index contributed by atoms with van der Waals surface area (Å²) >= 11 is 4.45. The number of benzene rings is 3. The van der Waals surface area contributed by atoms with Gasteiger partial charge in [0.2, 0.25) is 0 Å². The van der Waals surface area contributed by atoms with Crippen molar-refractivity contribution in [3.63, 3.8) is 0 Å². The summed E-state index contributed by atoms with van der Waals surface area (Å²) in [5.74, 6) is 0. The van der Waals surface area contributed by atoms with Gasteiger partial charge in [-0.15, -0.1) is 0 Å². The zero-order valence-corrected chi connectivity index (χ0v) is 21.0. The predicted molar refractivity (Wildman–Crippen MR) is 142 cm³/mol. The van der Waals surface area contributed by atoms with Crippen LogP contribution in [0.1, 0.15) is 57.4 Å². The van der Waals surface area contributed by atoms with E-state index in [0.29, 0.717) is 0 Å². The number of halogens is 1. The van der Waals surface area contributed by atoms with Crippen LogP contribution in [0.25, 0.3) is 0 Å². The van der Waals surface area contributed by atoms with Gasteiger partial charge < -0.3 is 0 Å². The van der Waals surface area contributed by atoms with Crippen molar-refractivity contribution in [1.29, 1.82) is 0 Å². The third kappa shape index (κ3) is 5.06. The summed E-state index contributed by atoms with van der Waals surface area (Å²) in [6, 6.07) is 31.2. The summed E-state index contributed by atoms with van der Waals surface area (Å²) in [6.45, 7) is 4.74. The van der Waals surface area contributed by atoms with Gasteiger partial charge in [-0.3, -0.25) is 0 Å². The fraction of sp³-hybridized carbons (Fsp3) is 0.357. The van der Waals surface area contributed by atoms with E-state index in [1.54, 1.807) is 0 Å². The molecule has 30 heavy (non-hydrogen) atoms. The van der Waals surface area contributed by atoms with E-state index in [1.165, 1.54) is 66.4 Å². The first-order chi connectivity index (χ1) is 14.6. The Morgan fingerprint density at radius 1 is 0.600 bits per heavy atom. The molecule has 0 unspecified atom stereocenters. The van der Waals surface area contributed by atoms with E-state index in [2.05, 4.69) is 114 Å². The molecular weight excluding hydrogens is 447 g/mol. The molecule has 0 aliphatic rings. The first-order valence-electron chi connectivity index (χ1n) is 11.5. The summed E-state index contributed by atoms with van der Waals surface area (Å²) < 4.78 is 0. The number of aryl methyl sites for hydroxylation is 1. The van der Waals surface area contributed by atoms with Gasteiger partial charge in [0.1, 0.15) is 0 Å². The standard InChI is InChI=1S/C28H36BrP/c1-3-4-5-6-7-8-11-18-25-19-16-17-24-28(25)30(2,29,26-20-12-9-13-21-26)27-22-14-10-15-23-27/h9-10,12-17,19-24H,3-8,11,18H2,1-2H3. The van der Waals surface area contributed by atoms with Crippen LogP contribution < -0.4 is 15.9 Å². The molecule has 0 aliphatic carbocycles. The monoisotopic (exact) mass is 482 g/mol. The zero-order valence-electron chi connectivity index (χ0n) is 18.6. The Morgan fingerprint density at radius 3 is 1.63 bits per heavy atom. The minimum atomic E-state index is -2.70. The molecule has 0 amide bonds. The zero-order chi connectivity index (χ0) is 21.3. The fourth-order valence-corrected chi connectivity index (χ4v) is 10.9. The molecule has 0 nitrogen and oxygen atoms in total. The van der Waals surface area contributed by atoms with Crippen LogP contribution >= 0.6 is 20.8 Å². The van der Waals surface area contributed by atoms with Crippen molar-refractivity contribution in [2.75, 3.05) is 6.66 Å². The van der Waals surface area contributed by atoms with Crippen LogP contribution in [-0.2, 0) is 6.42 Å². The summed E-state index contributed by atoms with van der Waals surface area (Å²) in [4.78, 5) is 0. The van der Waals surface area contributed by atoms with Gasteiger partial charge in [0, 0.05) is 0 Å². The van der Waals surface area contributed by atoms with Crippen LogP contribution in [0.15, 0.2) is 84.9 Å². The molecular formula is C28H36BrP. The topological polar surface area (TPSA) is 0 Å². The summed E-state index contributed by atoms with van der Waals surface area (Å²) in [5.41, 5.74) is 1.50. The molecule has 0 bridgehead atoms. The quantitative estimate of drug-likeness (QED) is 0.193. The second kappa shape index (κ2) is 10.7. The Morgan fingerprint density at radius 2 is 1.07 bits per heavy atom. The first-order valence-corrected chi connectivity index (χ1v) is 16.2. The molecule has 0 saturated carbocycles. The van der Waals surface area contributed by atoms with E-state index in [4.69, 9.17) is 0 Å². The molecule has 2 heteroatoms. The Bertz CT molecular complexity index is 859. The first kappa shape index (κ1) is 23.2. The van der Waals surface area contributed by atoms with Gasteiger partial charge in [-0.05, 0) is 0 Å². The number of hydrogen-bond acceptors (Lipinski definition) is 0. The van der Waals surface area contributed by atoms with Gasteiger partial charge in [0.15, 0.2) is 0 Å². The number of rotatable bonds is 11. The number of unbranched alkanes of at least 4 members (excludes halogenated alkanes) is 6. The van der Waals surface area contributed by atoms with Crippen molar-refractivity contribution >= 4 is 36.7 Å². The molecule has 0 spiro atoms. The third-order valence-corrected chi connectivity index (χ3v) is 14.6. The van der Waals surface area contributed by atoms with Gasteiger partial charge in [-0.1, -0.05) is 0 Å². The van der Waals surface area contributed by atoms with Crippen molar-refractivity contribution in [2.24, 2.45) is 0 Å². The molecule has 0 aliphatic heterocycles. The molecule has 0 N–H and O–H groups in total. The van der Waals surface area contributed by atoms with Crippen LogP contribution in [0.3, 0.4) is 0 Å². The average Bonchev–Trinajstić information content (AvgIpc) is 2.80. The second-order valence-electron chi connectivity index (χ2n) is 8.60. The maximum atomic E-state index is 4.45. The summed E-state index contributed by atoms with van der Waals surface area (Å²) in [6.07, 6.45) is 10.6. The molecule has 3 aromatic carbocycles. The summed E-state index contributed by atoms with van der Waals surface area (Å²) in [5, 5.41) is 1.56. The molecule has 0 fully saturated rings. The van der Waals surface area contributed by atoms with Crippen LogP contribution in [0.2, 0.25) is 0 Å². The van der Waals surface area contributed by atoms with Crippen LogP contribution in [0.5, 0.6) is 0 Å². The SMILES string of the molecule is CCCCCCCCCc1ccccc1P(C)(Br)(c1ccccc1)c1ccccc1. The van der Waals surface area contributed by atoms with Crippen molar-refractivity contribution in [2.45, 2.75) is 58.3 Å². The van der Waals surface area contributed by atoms with Crippen molar-refractivity contribution in [1.82, 2.24) is 0 Å². The van der Waals surface area contributed by atoms with Gasteiger partial charge in [0.25, 0.3) is 0 Å². The van der Waals surface area contributed by atoms with E-state index in [-0.39, 0.29) is 0 Å². The third-order valence-electron chi connectivity index (χ3n) is 6.35. The van der Waals surface area contributed by atoms with Gasteiger partial charge in [-0.25, -0.2) is 0 Å². The molecule has 3 aromatic rings. The Balaban J connectivity index is 1.93. The Hall–Kier alpha value is -1.43. The van der Waals surface area contributed by atoms with Crippen LogP contribution in [0.4, 0.5) is 0 Å². The Kier molecular flexibility index (Phi) is 8.32. The van der Waals surface area contributed by atoms with E-state index >= 15 is 0 Å². The predicted octanol–water partition coefficient (Wildman–Crippen LogP) is 7.75. The fourth-order valence-electron chi connectivity index (χ4n) is 4.51. The van der Waals surface area contributed by atoms with Gasteiger partial charge in [-0.2, -0.15) is 0 Å². The normalized spacial score (nSPS) is 13.0. The molecule has 0 aromatic heterocycles. The second-order valence-corrected chi connectivity index (χ2v) is 18.3. The van der Waals surface area contributed by atoms with Crippen molar-refractivity contribution in [3.8, 4) is 0 Å². The maximum absolute atomic E-state index is 4.45. The molecule has 160 valence electrons. The minimum absolute atomic E-state index is 1.15. The molecule has 3 rings (SSSR count). The van der Waals surface area contributed by atoms with Crippen molar-refractivity contribution < 1.29 is 0 Å². The molecule has 0 atom stereocenters. The summed E-state index contributed by atoms with van der Waals surface area (Å²) in [7, 11) is 0. The Labute approximate surface area is 191 Å². The van der Waals surface area contributed by atoms with Gasteiger partial charge in [0.05, 0.1) is 0 Å².